The lowest BCUT2D eigenvalue weighted by atomic mass is 10.1. The lowest BCUT2D eigenvalue weighted by Crippen LogP contribution is -2.49. The molecule has 1 saturated heterocycles. The molecule has 0 N–H and O–H groups in total. The summed E-state index contributed by atoms with van der Waals surface area (Å²) in [5.74, 6) is 0.613. The van der Waals surface area contributed by atoms with E-state index in [1.165, 1.54) is 5.56 Å². The maximum absolute atomic E-state index is 13.2. The van der Waals surface area contributed by atoms with Gasteiger partial charge in [-0.25, -0.2) is 0 Å². The molecule has 6 nitrogen and oxygen atoms in total. The molecule has 7 heteroatoms. The Balaban J connectivity index is 1.48. The number of para-hydroxylation sites is 1. The fourth-order valence-electron chi connectivity index (χ4n) is 4.20. The maximum atomic E-state index is 13.2. The van der Waals surface area contributed by atoms with Crippen molar-refractivity contribution >= 4 is 29.3 Å². The Morgan fingerprint density at radius 1 is 1.03 bits per heavy atom. The Labute approximate surface area is 223 Å². The van der Waals surface area contributed by atoms with Gasteiger partial charge in [-0.2, -0.15) is 5.26 Å². The van der Waals surface area contributed by atoms with E-state index in [-0.39, 0.29) is 11.5 Å². The second-order valence-corrected chi connectivity index (χ2v) is 9.23. The highest BCUT2D eigenvalue weighted by molar-refractivity contribution is 6.32. The van der Waals surface area contributed by atoms with Crippen molar-refractivity contribution in [2.45, 2.75) is 20.5 Å². The lowest BCUT2D eigenvalue weighted by Gasteiger charge is -2.36. The number of amides is 1. The van der Waals surface area contributed by atoms with E-state index in [1.807, 2.05) is 56.3 Å². The van der Waals surface area contributed by atoms with Crippen molar-refractivity contribution in [2.75, 3.05) is 37.7 Å². The lowest BCUT2D eigenvalue weighted by molar-refractivity contribution is -0.126. The third-order valence-electron chi connectivity index (χ3n) is 6.19. The number of piperazine rings is 1. The van der Waals surface area contributed by atoms with Gasteiger partial charge in [0.15, 0.2) is 11.5 Å². The first-order chi connectivity index (χ1) is 18.0. The summed E-state index contributed by atoms with van der Waals surface area (Å²) in [5, 5.41) is 10.1. The van der Waals surface area contributed by atoms with Crippen LogP contribution >= 0.6 is 11.6 Å². The Morgan fingerprint density at radius 2 is 1.73 bits per heavy atom. The van der Waals surface area contributed by atoms with Gasteiger partial charge in [0.05, 0.1) is 11.6 Å². The molecule has 3 aromatic carbocycles. The van der Waals surface area contributed by atoms with E-state index < -0.39 is 0 Å². The first kappa shape index (κ1) is 26.1. The summed E-state index contributed by atoms with van der Waals surface area (Å²) in [6.45, 7) is 7.17. The highest BCUT2D eigenvalue weighted by Crippen LogP contribution is 2.38. The summed E-state index contributed by atoms with van der Waals surface area (Å²) in [7, 11) is 0. The van der Waals surface area contributed by atoms with Gasteiger partial charge in [0.25, 0.3) is 5.91 Å². The summed E-state index contributed by atoms with van der Waals surface area (Å²) >= 11 is 6.57. The van der Waals surface area contributed by atoms with Crippen molar-refractivity contribution < 1.29 is 14.3 Å². The summed E-state index contributed by atoms with van der Waals surface area (Å²) in [4.78, 5) is 17.1. The molecular formula is C30H30ClN3O3. The minimum atomic E-state index is -0.288. The van der Waals surface area contributed by atoms with E-state index in [0.29, 0.717) is 61.5 Å². The number of nitrogens with zero attached hydrogens (tertiary/aromatic N) is 3. The topological polar surface area (TPSA) is 65.8 Å². The van der Waals surface area contributed by atoms with E-state index in [2.05, 4.69) is 23.1 Å². The smallest absolute Gasteiger partial charge is 0.264 e. The van der Waals surface area contributed by atoms with Crippen molar-refractivity contribution in [2.24, 2.45) is 0 Å². The molecule has 37 heavy (non-hydrogen) atoms. The molecule has 1 fully saturated rings. The highest BCUT2D eigenvalue weighted by atomic mass is 35.5. The molecule has 1 aliphatic heterocycles. The monoisotopic (exact) mass is 515 g/mol. The van der Waals surface area contributed by atoms with Crippen molar-refractivity contribution in [3.63, 3.8) is 0 Å². The number of halogens is 1. The summed E-state index contributed by atoms with van der Waals surface area (Å²) < 4.78 is 11.8. The molecule has 0 aromatic heterocycles. The van der Waals surface area contributed by atoms with Gasteiger partial charge in [-0.05, 0) is 55.3 Å². The molecular weight excluding hydrogens is 486 g/mol. The fraction of sp³-hybridized carbons (Fsp3) is 0.267. The number of anilines is 1. The van der Waals surface area contributed by atoms with Gasteiger partial charge in [-0.1, -0.05) is 59.6 Å². The molecule has 0 aliphatic carbocycles. The van der Waals surface area contributed by atoms with Crippen LogP contribution in [0, 0.1) is 18.3 Å². The van der Waals surface area contributed by atoms with Gasteiger partial charge in [-0.15, -0.1) is 0 Å². The number of rotatable bonds is 8. The van der Waals surface area contributed by atoms with Crippen LogP contribution < -0.4 is 14.4 Å². The largest absolute Gasteiger partial charge is 0.490 e. The van der Waals surface area contributed by atoms with E-state index in [1.54, 1.807) is 23.1 Å². The summed E-state index contributed by atoms with van der Waals surface area (Å²) in [6, 6.07) is 23.7. The number of hydrogen-bond donors (Lipinski definition) is 0. The second kappa shape index (κ2) is 12.3. The van der Waals surface area contributed by atoms with Gasteiger partial charge in [0.2, 0.25) is 0 Å². The SMILES string of the molecule is CCOc1cc(/C=C(/C#N)C(=O)N2CCN(c3ccccc3)CC2)cc(Cl)c1OCc1ccc(C)cc1. The summed E-state index contributed by atoms with van der Waals surface area (Å²) in [5.41, 5.74) is 3.98. The number of nitriles is 1. The standard InChI is InChI=1S/C30H30ClN3O3/c1-3-36-28-19-24(18-27(31)29(28)37-21-23-11-9-22(2)10-12-23)17-25(20-32)30(35)34-15-13-33(14-16-34)26-7-5-4-6-8-26/h4-12,17-19H,3,13-16,21H2,1-2H3/b25-17-. The number of carbonyl (C=O) groups excluding carboxylic acids is 1. The Morgan fingerprint density at radius 3 is 2.38 bits per heavy atom. The minimum Gasteiger partial charge on any atom is -0.490 e. The number of carbonyl (C=O) groups is 1. The molecule has 1 amide bonds. The van der Waals surface area contributed by atoms with Crippen LogP contribution in [-0.2, 0) is 11.4 Å². The Hall–Kier alpha value is -3.95. The molecule has 1 aliphatic rings. The molecule has 0 atom stereocenters. The van der Waals surface area contributed by atoms with Gasteiger partial charge in [0.1, 0.15) is 18.2 Å². The highest BCUT2D eigenvalue weighted by Gasteiger charge is 2.24. The first-order valence-corrected chi connectivity index (χ1v) is 12.7. The Bertz CT molecular complexity index is 1290. The third kappa shape index (κ3) is 6.63. The van der Waals surface area contributed by atoms with Crippen molar-refractivity contribution in [3.8, 4) is 17.6 Å². The zero-order valence-electron chi connectivity index (χ0n) is 21.1. The van der Waals surface area contributed by atoms with Crippen molar-refractivity contribution in [1.82, 2.24) is 4.90 Å². The number of benzene rings is 3. The average molecular weight is 516 g/mol. The zero-order valence-corrected chi connectivity index (χ0v) is 21.9. The molecule has 3 aromatic rings. The predicted octanol–water partition coefficient (Wildman–Crippen LogP) is 5.88. The quantitative estimate of drug-likeness (QED) is 0.277. The van der Waals surface area contributed by atoms with Crippen LogP contribution in [0.3, 0.4) is 0 Å². The molecule has 0 bridgehead atoms. The van der Waals surface area contributed by atoms with Gasteiger partial charge < -0.3 is 19.3 Å². The van der Waals surface area contributed by atoms with E-state index in [0.717, 1.165) is 11.3 Å². The van der Waals surface area contributed by atoms with Gasteiger partial charge in [-0.3, -0.25) is 4.79 Å². The van der Waals surface area contributed by atoms with Gasteiger partial charge >= 0.3 is 0 Å². The van der Waals surface area contributed by atoms with Crippen LogP contribution in [0.25, 0.3) is 6.08 Å². The first-order valence-electron chi connectivity index (χ1n) is 12.3. The van der Waals surface area contributed by atoms with E-state index in [9.17, 15) is 10.1 Å². The normalized spacial score (nSPS) is 13.7. The van der Waals surface area contributed by atoms with Crippen LogP contribution in [0.15, 0.2) is 72.3 Å². The zero-order chi connectivity index (χ0) is 26.2. The number of aryl methyl sites for hydroxylation is 1. The minimum absolute atomic E-state index is 0.0556. The van der Waals surface area contributed by atoms with Crippen LogP contribution in [0.5, 0.6) is 11.5 Å². The van der Waals surface area contributed by atoms with E-state index >= 15 is 0 Å². The third-order valence-corrected chi connectivity index (χ3v) is 6.47. The second-order valence-electron chi connectivity index (χ2n) is 8.82. The Kier molecular flexibility index (Phi) is 8.71. The van der Waals surface area contributed by atoms with Crippen molar-refractivity contribution in [1.29, 1.82) is 5.26 Å². The molecule has 190 valence electrons. The van der Waals surface area contributed by atoms with Crippen LogP contribution in [0.2, 0.25) is 5.02 Å². The maximum Gasteiger partial charge on any atom is 0.264 e. The van der Waals surface area contributed by atoms with Crippen molar-refractivity contribution in [3.05, 3.63) is 94.0 Å². The van der Waals surface area contributed by atoms with Gasteiger partial charge in [0, 0.05) is 31.9 Å². The molecule has 4 rings (SSSR count). The molecule has 0 unspecified atom stereocenters. The molecule has 0 saturated carbocycles. The number of ether oxygens (including phenoxy) is 2. The van der Waals surface area contributed by atoms with E-state index in [4.69, 9.17) is 21.1 Å². The average Bonchev–Trinajstić information content (AvgIpc) is 2.92. The fourth-order valence-corrected chi connectivity index (χ4v) is 4.47. The number of hydrogen-bond acceptors (Lipinski definition) is 5. The molecule has 0 spiro atoms. The summed E-state index contributed by atoms with van der Waals surface area (Å²) in [6.07, 6.45) is 1.56. The molecule has 0 radical (unpaired) electrons. The van der Waals surface area contributed by atoms with Crippen LogP contribution in [0.4, 0.5) is 5.69 Å². The predicted molar refractivity (Wildman–Crippen MR) is 147 cm³/mol. The van der Waals surface area contributed by atoms with Crippen LogP contribution in [0.1, 0.15) is 23.6 Å². The molecule has 1 heterocycles. The van der Waals surface area contributed by atoms with Crippen LogP contribution in [-0.4, -0.2) is 43.6 Å².